The Bertz CT molecular complexity index is 473. The fourth-order valence-corrected chi connectivity index (χ4v) is 2.16. The molecule has 1 unspecified atom stereocenters. The molecule has 1 atom stereocenters. The number of amides is 2. The zero-order valence-electron chi connectivity index (χ0n) is 10.7. The summed E-state index contributed by atoms with van der Waals surface area (Å²) in [7, 11) is 1.76. The fourth-order valence-electron chi connectivity index (χ4n) is 2.16. The minimum absolute atomic E-state index is 0.0521. The van der Waals surface area contributed by atoms with Crippen LogP contribution in [0.5, 0.6) is 0 Å². The number of likely N-dealkylation sites (tertiary alicyclic amines) is 1. The summed E-state index contributed by atoms with van der Waals surface area (Å²) in [6.07, 6.45) is 2.42. The summed E-state index contributed by atoms with van der Waals surface area (Å²) in [5, 5.41) is 15.5. The van der Waals surface area contributed by atoms with Crippen LogP contribution >= 0.6 is 0 Å². The van der Waals surface area contributed by atoms with Crippen LogP contribution in [0.25, 0.3) is 0 Å². The summed E-state index contributed by atoms with van der Waals surface area (Å²) in [5.74, 6) is -0.210. The van der Waals surface area contributed by atoms with Gasteiger partial charge in [0.1, 0.15) is 6.33 Å². The van der Waals surface area contributed by atoms with Crippen LogP contribution in [0.15, 0.2) is 6.33 Å². The molecule has 0 saturated carbocycles. The number of rotatable bonds is 4. The van der Waals surface area contributed by atoms with Gasteiger partial charge >= 0.3 is 12.0 Å². The van der Waals surface area contributed by atoms with Crippen LogP contribution in [0, 0.1) is 5.92 Å². The second-order valence-electron chi connectivity index (χ2n) is 4.69. The van der Waals surface area contributed by atoms with Gasteiger partial charge < -0.3 is 15.3 Å². The number of aryl methyl sites for hydroxylation is 1. The van der Waals surface area contributed by atoms with E-state index >= 15 is 0 Å². The van der Waals surface area contributed by atoms with E-state index in [1.165, 1.54) is 0 Å². The van der Waals surface area contributed by atoms with Crippen LogP contribution in [0.2, 0.25) is 0 Å². The van der Waals surface area contributed by atoms with Crippen molar-refractivity contribution in [2.75, 3.05) is 13.1 Å². The smallest absolute Gasteiger partial charge is 0.317 e. The molecule has 8 heteroatoms. The molecule has 1 saturated heterocycles. The first-order valence-corrected chi connectivity index (χ1v) is 6.13. The standard InChI is InChI=1S/C11H17N5O3/c1-15-7-13-9(14-15)5-12-11(19)16-3-2-8(6-16)4-10(17)18/h7-8H,2-6H2,1H3,(H,12,19)(H,17,18). The van der Waals surface area contributed by atoms with Crippen molar-refractivity contribution in [3.8, 4) is 0 Å². The molecule has 2 heterocycles. The lowest BCUT2D eigenvalue weighted by atomic mass is 10.1. The van der Waals surface area contributed by atoms with E-state index in [9.17, 15) is 9.59 Å². The third-order valence-corrected chi connectivity index (χ3v) is 3.08. The van der Waals surface area contributed by atoms with Crippen LogP contribution in [-0.4, -0.2) is 49.9 Å². The molecule has 1 aromatic rings. The number of hydrogen-bond acceptors (Lipinski definition) is 4. The summed E-state index contributed by atoms with van der Waals surface area (Å²) < 4.78 is 1.57. The topological polar surface area (TPSA) is 100 Å². The lowest BCUT2D eigenvalue weighted by Crippen LogP contribution is -2.38. The van der Waals surface area contributed by atoms with Crippen molar-refractivity contribution in [1.29, 1.82) is 0 Å². The van der Waals surface area contributed by atoms with Crippen molar-refractivity contribution in [2.45, 2.75) is 19.4 Å². The Morgan fingerprint density at radius 3 is 3.00 bits per heavy atom. The summed E-state index contributed by atoms with van der Waals surface area (Å²) in [5.41, 5.74) is 0. The molecule has 1 aromatic heterocycles. The minimum Gasteiger partial charge on any atom is -0.481 e. The Morgan fingerprint density at radius 1 is 1.58 bits per heavy atom. The molecule has 0 bridgehead atoms. The molecule has 0 aromatic carbocycles. The summed E-state index contributed by atoms with van der Waals surface area (Å²) in [6.45, 7) is 1.37. The maximum atomic E-state index is 11.9. The zero-order valence-corrected chi connectivity index (χ0v) is 10.7. The predicted octanol–water partition coefficient (Wildman–Crippen LogP) is -0.179. The van der Waals surface area contributed by atoms with E-state index in [-0.39, 0.29) is 24.9 Å². The molecular weight excluding hydrogens is 250 g/mol. The van der Waals surface area contributed by atoms with E-state index in [0.717, 1.165) is 6.42 Å². The van der Waals surface area contributed by atoms with E-state index in [1.54, 1.807) is 23.0 Å². The Morgan fingerprint density at radius 2 is 2.37 bits per heavy atom. The number of carboxylic acids is 1. The van der Waals surface area contributed by atoms with E-state index in [2.05, 4.69) is 15.4 Å². The van der Waals surface area contributed by atoms with Crippen molar-refractivity contribution < 1.29 is 14.7 Å². The molecule has 2 amide bonds. The highest BCUT2D eigenvalue weighted by Gasteiger charge is 2.27. The summed E-state index contributed by atoms with van der Waals surface area (Å²) in [4.78, 5) is 28.1. The molecule has 2 rings (SSSR count). The van der Waals surface area contributed by atoms with Crippen molar-refractivity contribution >= 4 is 12.0 Å². The van der Waals surface area contributed by atoms with Gasteiger partial charge in [0.05, 0.1) is 6.54 Å². The second-order valence-corrected chi connectivity index (χ2v) is 4.69. The molecule has 2 N–H and O–H groups in total. The Labute approximate surface area is 110 Å². The lowest BCUT2D eigenvalue weighted by Gasteiger charge is -2.16. The van der Waals surface area contributed by atoms with E-state index in [4.69, 9.17) is 5.11 Å². The quantitative estimate of drug-likeness (QED) is 0.788. The molecule has 0 spiro atoms. The lowest BCUT2D eigenvalue weighted by molar-refractivity contribution is -0.138. The van der Waals surface area contributed by atoms with Crippen molar-refractivity contribution in [1.82, 2.24) is 25.0 Å². The molecule has 104 valence electrons. The van der Waals surface area contributed by atoms with Gasteiger partial charge in [-0.25, -0.2) is 9.78 Å². The number of hydrogen-bond donors (Lipinski definition) is 2. The number of nitrogens with zero attached hydrogens (tertiary/aromatic N) is 4. The number of urea groups is 1. The number of carbonyl (C=O) groups excluding carboxylic acids is 1. The third kappa shape index (κ3) is 3.67. The maximum Gasteiger partial charge on any atom is 0.317 e. The highest BCUT2D eigenvalue weighted by molar-refractivity contribution is 5.74. The normalized spacial score (nSPS) is 18.6. The predicted molar refractivity (Wildman–Crippen MR) is 65.2 cm³/mol. The van der Waals surface area contributed by atoms with Gasteiger partial charge in [-0.2, -0.15) is 5.10 Å². The van der Waals surface area contributed by atoms with E-state index in [0.29, 0.717) is 18.9 Å². The summed E-state index contributed by atoms with van der Waals surface area (Å²) in [6, 6.07) is -0.194. The van der Waals surface area contributed by atoms with Gasteiger partial charge in [0.2, 0.25) is 0 Å². The molecule has 0 aliphatic carbocycles. The zero-order chi connectivity index (χ0) is 13.8. The molecule has 0 radical (unpaired) electrons. The maximum absolute atomic E-state index is 11.9. The Balaban J connectivity index is 1.76. The van der Waals surface area contributed by atoms with Crippen molar-refractivity contribution in [3.05, 3.63) is 12.2 Å². The molecule has 1 aliphatic heterocycles. The highest BCUT2D eigenvalue weighted by Crippen LogP contribution is 2.19. The number of aliphatic carboxylic acids is 1. The first kappa shape index (κ1) is 13.3. The Kier molecular flexibility index (Phi) is 3.98. The fraction of sp³-hybridized carbons (Fsp3) is 0.636. The van der Waals surface area contributed by atoms with Gasteiger partial charge in [0.15, 0.2) is 5.82 Å². The third-order valence-electron chi connectivity index (χ3n) is 3.08. The average molecular weight is 267 g/mol. The second kappa shape index (κ2) is 5.68. The van der Waals surface area contributed by atoms with Crippen LogP contribution in [0.4, 0.5) is 4.79 Å². The van der Waals surface area contributed by atoms with Crippen LogP contribution in [0.3, 0.4) is 0 Å². The van der Waals surface area contributed by atoms with Gasteiger partial charge in [-0.15, -0.1) is 0 Å². The van der Waals surface area contributed by atoms with Gasteiger partial charge in [-0.3, -0.25) is 9.48 Å². The molecule has 1 aliphatic rings. The van der Waals surface area contributed by atoms with E-state index < -0.39 is 5.97 Å². The Hall–Kier alpha value is -2.12. The minimum atomic E-state index is -0.815. The number of nitrogens with one attached hydrogen (secondary N) is 1. The molecular formula is C11H17N5O3. The van der Waals surface area contributed by atoms with Crippen LogP contribution in [-0.2, 0) is 18.4 Å². The van der Waals surface area contributed by atoms with Crippen molar-refractivity contribution in [2.24, 2.45) is 13.0 Å². The SMILES string of the molecule is Cn1cnc(CNC(=O)N2CCC(CC(=O)O)C2)n1. The van der Waals surface area contributed by atoms with Crippen molar-refractivity contribution in [3.63, 3.8) is 0 Å². The van der Waals surface area contributed by atoms with Crippen LogP contribution < -0.4 is 5.32 Å². The van der Waals surface area contributed by atoms with Gasteiger partial charge in [0, 0.05) is 26.6 Å². The van der Waals surface area contributed by atoms with Gasteiger partial charge in [-0.1, -0.05) is 0 Å². The first-order chi connectivity index (χ1) is 9.04. The highest BCUT2D eigenvalue weighted by atomic mass is 16.4. The average Bonchev–Trinajstić information content (AvgIpc) is 2.95. The molecule has 19 heavy (non-hydrogen) atoms. The monoisotopic (exact) mass is 267 g/mol. The van der Waals surface area contributed by atoms with Gasteiger partial charge in [0.25, 0.3) is 0 Å². The summed E-state index contributed by atoms with van der Waals surface area (Å²) >= 11 is 0. The number of aromatic nitrogens is 3. The number of carbonyl (C=O) groups is 2. The van der Waals surface area contributed by atoms with Crippen LogP contribution in [0.1, 0.15) is 18.7 Å². The van der Waals surface area contributed by atoms with E-state index in [1.807, 2.05) is 0 Å². The first-order valence-electron chi connectivity index (χ1n) is 6.13. The largest absolute Gasteiger partial charge is 0.481 e. The molecule has 1 fully saturated rings. The van der Waals surface area contributed by atoms with Gasteiger partial charge in [-0.05, 0) is 12.3 Å². The molecule has 8 nitrogen and oxygen atoms in total. The number of carboxylic acid groups (broad SMARTS) is 1.